The smallest absolute Gasteiger partial charge is 0.294 e. The number of rotatable bonds is 12. The first-order valence-corrected chi connectivity index (χ1v) is 19.7. The highest BCUT2D eigenvalue weighted by Gasteiger charge is 2.21. The molecule has 1 atom stereocenters. The minimum atomic E-state index is -4.02. The molecule has 6 rings (SSSR count). The molecule has 0 radical (unpaired) electrons. The lowest BCUT2D eigenvalue weighted by atomic mass is 10.1. The maximum absolute atomic E-state index is 13.5. The van der Waals surface area contributed by atoms with Crippen LogP contribution in [-0.4, -0.2) is 49.9 Å². The van der Waals surface area contributed by atoms with Gasteiger partial charge in [0.05, 0.1) is 33.8 Å². The molecule has 6 aromatic rings. The highest BCUT2D eigenvalue weighted by atomic mass is 35.5. The molecule has 2 heterocycles. The Morgan fingerprint density at radius 1 is 0.981 bits per heavy atom. The third kappa shape index (κ3) is 11.1. The van der Waals surface area contributed by atoms with E-state index in [9.17, 15) is 21.2 Å². The Labute approximate surface area is 311 Å². The number of anilines is 2. The van der Waals surface area contributed by atoms with Crippen molar-refractivity contribution in [2.24, 2.45) is 0 Å². The van der Waals surface area contributed by atoms with Gasteiger partial charge in [-0.25, -0.2) is 22.8 Å². The van der Waals surface area contributed by atoms with Crippen LogP contribution in [0.5, 0.6) is 5.75 Å². The van der Waals surface area contributed by atoms with Crippen LogP contribution in [0.2, 0.25) is 5.02 Å². The number of hydrogen-bond donors (Lipinski definition) is 3. The molecule has 0 bridgehead atoms. The van der Waals surface area contributed by atoms with Gasteiger partial charge in [0.15, 0.2) is 0 Å². The average Bonchev–Trinajstić information content (AvgIpc) is 3.60. The lowest BCUT2D eigenvalue weighted by Gasteiger charge is -2.14. The molecule has 0 aliphatic heterocycles. The number of ether oxygens (including phenoxy) is 1. The molecular weight excluding hydrogens is 743 g/mol. The van der Waals surface area contributed by atoms with Crippen molar-refractivity contribution in [3.8, 4) is 29.4 Å². The van der Waals surface area contributed by atoms with Gasteiger partial charge in [-0.15, -0.1) is 6.42 Å². The summed E-state index contributed by atoms with van der Waals surface area (Å²) in [5, 5.41) is 7.41. The van der Waals surface area contributed by atoms with Crippen LogP contribution in [0.15, 0.2) is 113 Å². The molecule has 0 aliphatic rings. The number of aryl methyl sites for hydroxylation is 1. The van der Waals surface area contributed by atoms with Gasteiger partial charge in [0.1, 0.15) is 51.7 Å². The summed E-state index contributed by atoms with van der Waals surface area (Å²) in [6, 6.07) is 25.9. The lowest BCUT2D eigenvalue weighted by molar-refractivity contribution is 0.306. The standard InChI is InChI=1S/C31H26ClFN4O4S.C7H8O3S/c1-3-13-34-27(18-42(2,38)39)30-12-11-28(41-30)21-7-9-26-24(15-21)31(36-19-35-26)37-23-8-10-29(25(32)16-23)40-17-20-5-4-6-22(33)14-20;1-6-2-4-7(5-3-6)11(8,9)10/h1,4-12,14-16,19,27,34H,13,17-18H2,2H3,(H,35,36,37);2-5H,1H3,(H,8,9,10)/t27-;/m0./s1. The van der Waals surface area contributed by atoms with Gasteiger partial charge in [-0.1, -0.05) is 47.4 Å². The molecule has 0 spiro atoms. The summed E-state index contributed by atoms with van der Waals surface area (Å²) < 4.78 is 78.7. The molecule has 0 saturated heterocycles. The Kier molecular flexibility index (Phi) is 12.5. The quantitative estimate of drug-likeness (QED) is 0.0832. The second kappa shape index (κ2) is 17.0. The van der Waals surface area contributed by atoms with Crippen LogP contribution in [0, 0.1) is 25.1 Å². The summed E-state index contributed by atoms with van der Waals surface area (Å²) in [5.41, 5.74) is 3.77. The van der Waals surface area contributed by atoms with E-state index in [0.717, 1.165) is 16.5 Å². The van der Waals surface area contributed by atoms with Crippen molar-refractivity contribution in [1.29, 1.82) is 0 Å². The fourth-order valence-corrected chi connectivity index (χ4v) is 6.66. The van der Waals surface area contributed by atoms with Crippen molar-refractivity contribution in [2.75, 3.05) is 23.9 Å². The first-order chi connectivity index (χ1) is 25.2. The number of nitrogens with one attached hydrogen (secondary N) is 2. The fourth-order valence-electron chi connectivity index (χ4n) is 5.06. The maximum Gasteiger partial charge on any atom is 0.294 e. The number of benzene rings is 4. The molecule has 0 fully saturated rings. The monoisotopic (exact) mass is 776 g/mol. The number of furan rings is 1. The van der Waals surface area contributed by atoms with E-state index in [4.69, 9.17) is 31.7 Å². The van der Waals surface area contributed by atoms with Crippen molar-refractivity contribution >= 4 is 54.0 Å². The summed E-state index contributed by atoms with van der Waals surface area (Å²) in [6.45, 7) is 2.21. The Morgan fingerprint density at radius 2 is 1.75 bits per heavy atom. The molecule has 53 heavy (non-hydrogen) atoms. The number of sulfone groups is 1. The van der Waals surface area contributed by atoms with E-state index in [-0.39, 0.29) is 29.6 Å². The van der Waals surface area contributed by atoms with E-state index in [1.807, 2.05) is 25.1 Å². The maximum atomic E-state index is 13.5. The number of aromatic nitrogens is 2. The number of nitrogens with zero attached hydrogens (tertiary/aromatic N) is 2. The van der Waals surface area contributed by atoms with E-state index in [2.05, 4.69) is 26.5 Å². The number of terminal acetylenes is 1. The molecule has 4 aromatic carbocycles. The summed E-state index contributed by atoms with van der Waals surface area (Å²) >= 11 is 6.48. The molecule has 274 valence electrons. The summed E-state index contributed by atoms with van der Waals surface area (Å²) in [6.07, 6.45) is 7.98. The van der Waals surface area contributed by atoms with Gasteiger partial charge < -0.3 is 14.5 Å². The molecule has 2 aromatic heterocycles. The van der Waals surface area contributed by atoms with E-state index < -0.39 is 26.0 Å². The molecular formula is C38H34ClFN4O7S2. The van der Waals surface area contributed by atoms with Gasteiger partial charge in [0, 0.05) is 22.9 Å². The second-order valence-electron chi connectivity index (χ2n) is 11.9. The van der Waals surface area contributed by atoms with Crippen LogP contribution in [0.4, 0.5) is 15.9 Å². The molecule has 3 N–H and O–H groups in total. The van der Waals surface area contributed by atoms with Gasteiger partial charge in [-0.2, -0.15) is 8.42 Å². The van der Waals surface area contributed by atoms with Gasteiger partial charge in [-0.05, 0) is 85.3 Å². The predicted molar refractivity (Wildman–Crippen MR) is 203 cm³/mol. The third-order valence-corrected chi connectivity index (χ3v) is 9.71. The molecule has 0 aliphatic carbocycles. The van der Waals surface area contributed by atoms with Crippen LogP contribution < -0.4 is 15.4 Å². The zero-order chi connectivity index (χ0) is 38.2. The zero-order valence-corrected chi connectivity index (χ0v) is 30.8. The van der Waals surface area contributed by atoms with Crippen molar-refractivity contribution in [3.63, 3.8) is 0 Å². The van der Waals surface area contributed by atoms with Gasteiger partial charge in [0.25, 0.3) is 10.1 Å². The third-order valence-electron chi connectivity index (χ3n) is 7.61. The van der Waals surface area contributed by atoms with E-state index in [1.54, 1.807) is 54.6 Å². The lowest BCUT2D eigenvalue weighted by Crippen LogP contribution is -2.27. The van der Waals surface area contributed by atoms with E-state index >= 15 is 0 Å². The zero-order valence-electron chi connectivity index (χ0n) is 28.5. The molecule has 15 heteroatoms. The van der Waals surface area contributed by atoms with Gasteiger partial charge >= 0.3 is 0 Å². The summed E-state index contributed by atoms with van der Waals surface area (Å²) in [5.74, 6) is 3.99. The van der Waals surface area contributed by atoms with Crippen LogP contribution in [0.25, 0.3) is 22.2 Å². The number of hydrogen-bond acceptors (Lipinski definition) is 10. The Hall–Kier alpha value is -5.30. The largest absolute Gasteiger partial charge is 0.487 e. The van der Waals surface area contributed by atoms with Crippen molar-refractivity contribution in [3.05, 3.63) is 131 Å². The Bertz CT molecular complexity index is 2490. The van der Waals surface area contributed by atoms with Crippen LogP contribution in [0.1, 0.15) is 22.9 Å². The predicted octanol–water partition coefficient (Wildman–Crippen LogP) is 7.56. The van der Waals surface area contributed by atoms with Crippen molar-refractivity contribution < 1.29 is 34.9 Å². The van der Waals surface area contributed by atoms with Crippen molar-refractivity contribution in [2.45, 2.75) is 24.5 Å². The molecule has 0 saturated carbocycles. The highest BCUT2D eigenvalue weighted by molar-refractivity contribution is 7.90. The summed E-state index contributed by atoms with van der Waals surface area (Å²) in [4.78, 5) is 8.72. The van der Waals surface area contributed by atoms with Crippen LogP contribution in [-0.2, 0) is 26.6 Å². The van der Waals surface area contributed by atoms with E-state index in [0.29, 0.717) is 44.9 Å². The first-order valence-electron chi connectivity index (χ1n) is 15.9. The SMILES string of the molecule is C#CCN[C@@H](CS(C)(=O)=O)c1ccc(-c2ccc3ncnc(Nc4ccc(OCc5cccc(F)c5)c(Cl)c4)c3c2)o1.Cc1ccc(S(=O)(=O)O)cc1. The topological polar surface area (TPSA) is 161 Å². The van der Waals surface area contributed by atoms with E-state index in [1.165, 1.54) is 36.8 Å². The Balaban J connectivity index is 0.000000422. The number of halogens is 2. The summed E-state index contributed by atoms with van der Waals surface area (Å²) in [7, 11) is -7.31. The fraction of sp³-hybridized carbons (Fsp3) is 0.158. The minimum Gasteiger partial charge on any atom is -0.487 e. The number of fused-ring (bicyclic) bond motifs is 1. The second-order valence-corrected chi connectivity index (χ2v) is 15.9. The highest BCUT2D eigenvalue weighted by Crippen LogP contribution is 2.33. The molecule has 11 nitrogen and oxygen atoms in total. The van der Waals surface area contributed by atoms with Crippen molar-refractivity contribution in [1.82, 2.24) is 15.3 Å². The average molecular weight is 777 g/mol. The van der Waals surface area contributed by atoms with Crippen LogP contribution in [0.3, 0.4) is 0 Å². The normalized spacial score (nSPS) is 12.0. The first kappa shape index (κ1) is 38.9. The van der Waals surface area contributed by atoms with Gasteiger partial charge in [-0.3, -0.25) is 9.87 Å². The van der Waals surface area contributed by atoms with Crippen LogP contribution >= 0.6 is 11.6 Å². The van der Waals surface area contributed by atoms with Gasteiger partial charge in [0.2, 0.25) is 0 Å². The minimum absolute atomic E-state index is 0.0666. The Morgan fingerprint density at radius 3 is 2.43 bits per heavy atom. The molecule has 0 unspecified atom stereocenters. The molecule has 0 amide bonds.